The highest BCUT2D eigenvalue weighted by atomic mass is 16.5. The Kier molecular flexibility index (Phi) is 7.87. The SMILES string of the molecule is C=CCN(CC(=O)O)C(=O)C(CC(C)C)NC(=O)OCC1c2ccccc2-c2ccccc21. The Morgan fingerprint density at radius 2 is 1.67 bits per heavy atom. The lowest BCUT2D eigenvalue weighted by Gasteiger charge is -2.27. The van der Waals surface area contributed by atoms with Crippen molar-refractivity contribution in [1.82, 2.24) is 10.2 Å². The van der Waals surface area contributed by atoms with E-state index >= 15 is 0 Å². The summed E-state index contributed by atoms with van der Waals surface area (Å²) in [6.45, 7) is 7.18. The van der Waals surface area contributed by atoms with E-state index in [9.17, 15) is 14.4 Å². The van der Waals surface area contributed by atoms with E-state index in [4.69, 9.17) is 9.84 Å². The first-order valence-corrected chi connectivity index (χ1v) is 11.0. The van der Waals surface area contributed by atoms with E-state index < -0.39 is 30.6 Å². The number of hydrogen-bond donors (Lipinski definition) is 2. The van der Waals surface area contributed by atoms with E-state index in [1.165, 1.54) is 6.08 Å². The first kappa shape index (κ1) is 24.0. The van der Waals surface area contributed by atoms with Gasteiger partial charge in [-0.2, -0.15) is 0 Å². The fraction of sp³-hybridized carbons (Fsp3) is 0.346. The molecule has 1 atom stereocenters. The minimum atomic E-state index is -1.13. The molecule has 2 aromatic rings. The van der Waals surface area contributed by atoms with Gasteiger partial charge in [-0.05, 0) is 34.6 Å². The zero-order chi connectivity index (χ0) is 24.0. The van der Waals surface area contributed by atoms with Crippen molar-refractivity contribution in [2.24, 2.45) is 5.92 Å². The average Bonchev–Trinajstić information content (AvgIpc) is 3.09. The summed E-state index contributed by atoms with van der Waals surface area (Å²) >= 11 is 0. The molecule has 0 spiro atoms. The third kappa shape index (κ3) is 5.80. The van der Waals surface area contributed by atoms with Gasteiger partial charge in [-0.25, -0.2) is 4.79 Å². The van der Waals surface area contributed by atoms with Gasteiger partial charge in [0.2, 0.25) is 5.91 Å². The number of amides is 2. The van der Waals surface area contributed by atoms with Crippen LogP contribution in [0.25, 0.3) is 11.1 Å². The van der Waals surface area contributed by atoms with Crippen LogP contribution in [-0.4, -0.2) is 53.7 Å². The van der Waals surface area contributed by atoms with Gasteiger partial charge >= 0.3 is 12.1 Å². The molecule has 2 amide bonds. The molecule has 0 aromatic heterocycles. The lowest BCUT2D eigenvalue weighted by Crippen LogP contribution is -2.50. The average molecular weight is 451 g/mol. The van der Waals surface area contributed by atoms with Gasteiger partial charge in [-0.3, -0.25) is 9.59 Å². The zero-order valence-electron chi connectivity index (χ0n) is 19.0. The number of aliphatic carboxylic acids is 1. The van der Waals surface area contributed by atoms with Crippen molar-refractivity contribution in [2.75, 3.05) is 19.7 Å². The Morgan fingerprint density at radius 1 is 1.09 bits per heavy atom. The molecule has 0 saturated heterocycles. The lowest BCUT2D eigenvalue weighted by molar-refractivity contribution is -0.145. The standard InChI is InChI=1S/C26H30N2O5/c1-4-13-28(15-24(29)30)25(31)23(14-17(2)3)27-26(32)33-16-22-20-11-7-5-9-18(20)19-10-6-8-12-21(19)22/h4-12,17,22-23H,1,13-16H2,2-3H3,(H,27,32)(H,29,30). The number of fused-ring (bicyclic) bond motifs is 3. The Hall–Kier alpha value is -3.61. The fourth-order valence-electron chi connectivity index (χ4n) is 4.25. The van der Waals surface area contributed by atoms with E-state index in [1.54, 1.807) is 0 Å². The molecule has 7 nitrogen and oxygen atoms in total. The van der Waals surface area contributed by atoms with E-state index in [0.717, 1.165) is 27.2 Å². The summed E-state index contributed by atoms with van der Waals surface area (Å²) in [4.78, 5) is 38.0. The predicted molar refractivity (Wildman–Crippen MR) is 126 cm³/mol. The largest absolute Gasteiger partial charge is 0.480 e. The van der Waals surface area contributed by atoms with Crippen LogP contribution < -0.4 is 5.32 Å². The van der Waals surface area contributed by atoms with Gasteiger partial charge in [0.05, 0.1) is 0 Å². The van der Waals surface area contributed by atoms with Crippen LogP contribution >= 0.6 is 0 Å². The Labute approximate surface area is 194 Å². The highest BCUT2D eigenvalue weighted by Gasteiger charge is 2.31. The Morgan fingerprint density at radius 3 is 2.18 bits per heavy atom. The van der Waals surface area contributed by atoms with E-state index in [2.05, 4.69) is 24.0 Å². The van der Waals surface area contributed by atoms with Crippen LogP contribution in [0.1, 0.15) is 37.3 Å². The number of carboxylic acids is 1. The summed E-state index contributed by atoms with van der Waals surface area (Å²) < 4.78 is 5.57. The number of benzene rings is 2. The van der Waals surface area contributed by atoms with Gasteiger partial charge < -0.3 is 20.1 Å². The van der Waals surface area contributed by atoms with Gasteiger partial charge in [0.25, 0.3) is 0 Å². The molecule has 0 bridgehead atoms. The highest BCUT2D eigenvalue weighted by molar-refractivity contribution is 5.88. The summed E-state index contributed by atoms with van der Waals surface area (Å²) in [6.07, 6.45) is 1.11. The van der Waals surface area contributed by atoms with Crippen molar-refractivity contribution >= 4 is 18.0 Å². The molecule has 174 valence electrons. The van der Waals surface area contributed by atoms with Crippen molar-refractivity contribution < 1.29 is 24.2 Å². The summed E-state index contributed by atoms with van der Waals surface area (Å²) in [6, 6.07) is 15.2. The third-order valence-electron chi connectivity index (χ3n) is 5.63. The lowest BCUT2D eigenvalue weighted by atomic mass is 9.98. The highest BCUT2D eigenvalue weighted by Crippen LogP contribution is 2.44. The molecule has 3 rings (SSSR count). The minimum absolute atomic E-state index is 0.0755. The summed E-state index contributed by atoms with van der Waals surface area (Å²) in [7, 11) is 0. The number of rotatable bonds is 10. The molecule has 1 aliphatic carbocycles. The number of carboxylic acid groups (broad SMARTS) is 1. The van der Waals surface area contributed by atoms with Crippen LogP contribution in [0, 0.1) is 5.92 Å². The smallest absolute Gasteiger partial charge is 0.407 e. The van der Waals surface area contributed by atoms with Crippen LogP contribution in [0.5, 0.6) is 0 Å². The second-order valence-electron chi connectivity index (χ2n) is 8.55. The van der Waals surface area contributed by atoms with E-state index in [-0.39, 0.29) is 25.0 Å². The number of ether oxygens (including phenoxy) is 1. The molecular formula is C26H30N2O5. The van der Waals surface area contributed by atoms with Crippen molar-refractivity contribution in [3.63, 3.8) is 0 Å². The normalized spacial score (nSPS) is 13.1. The number of carbonyl (C=O) groups excluding carboxylic acids is 2. The molecule has 2 N–H and O–H groups in total. The van der Waals surface area contributed by atoms with Crippen molar-refractivity contribution in [2.45, 2.75) is 32.2 Å². The summed E-state index contributed by atoms with van der Waals surface area (Å²) in [5, 5.41) is 11.8. The Bertz CT molecular complexity index is 987. The fourth-order valence-corrected chi connectivity index (χ4v) is 4.25. The molecule has 0 radical (unpaired) electrons. The molecule has 0 saturated carbocycles. The molecule has 0 heterocycles. The quantitative estimate of drug-likeness (QED) is 0.533. The maximum atomic E-state index is 13.0. The van der Waals surface area contributed by atoms with Crippen molar-refractivity contribution in [1.29, 1.82) is 0 Å². The van der Waals surface area contributed by atoms with Crippen LogP contribution in [0.3, 0.4) is 0 Å². The van der Waals surface area contributed by atoms with Crippen molar-refractivity contribution in [3.05, 3.63) is 72.3 Å². The molecule has 1 unspecified atom stereocenters. The molecule has 0 aliphatic heterocycles. The number of hydrogen-bond acceptors (Lipinski definition) is 4. The molecule has 0 fully saturated rings. The van der Waals surface area contributed by atoms with E-state index in [1.807, 2.05) is 50.2 Å². The molecule has 2 aromatic carbocycles. The maximum absolute atomic E-state index is 13.0. The monoisotopic (exact) mass is 450 g/mol. The summed E-state index contributed by atoms with van der Waals surface area (Å²) in [5.41, 5.74) is 4.45. The first-order valence-electron chi connectivity index (χ1n) is 11.0. The minimum Gasteiger partial charge on any atom is -0.480 e. The van der Waals surface area contributed by atoms with Crippen LogP contribution in [0.4, 0.5) is 4.79 Å². The molecule has 1 aliphatic rings. The molecule has 7 heteroatoms. The predicted octanol–water partition coefficient (Wildman–Crippen LogP) is 4.04. The van der Waals surface area contributed by atoms with Gasteiger partial charge in [0.15, 0.2) is 0 Å². The summed E-state index contributed by atoms with van der Waals surface area (Å²) in [5.74, 6) is -1.59. The van der Waals surface area contributed by atoms with E-state index in [0.29, 0.717) is 6.42 Å². The molecule has 33 heavy (non-hydrogen) atoms. The van der Waals surface area contributed by atoms with Gasteiger partial charge in [0, 0.05) is 12.5 Å². The van der Waals surface area contributed by atoms with Crippen molar-refractivity contribution in [3.8, 4) is 11.1 Å². The number of alkyl carbamates (subject to hydrolysis) is 1. The van der Waals surface area contributed by atoms with Crippen LogP contribution in [0.2, 0.25) is 0 Å². The third-order valence-corrected chi connectivity index (χ3v) is 5.63. The maximum Gasteiger partial charge on any atom is 0.407 e. The van der Waals surface area contributed by atoms with Crippen LogP contribution in [0.15, 0.2) is 61.2 Å². The number of carbonyl (C=O) groups is 3. The van der Waals surface area contributed by atoms with Crippen LogP contribution in [-0.2, 0) is 14.3 Å². The zero-order valence-corrected chi connectivity index (χ0v) is 19.0. The molecular weight excluding hydrogens is 420 g/mol. The topological polar surface area (TPSA) is 95.9 Å². The number of nitrogens with zero attached hydrogens (tertiary/aromatic N) is 1. The van der Waals surface area contributed by atoms with Gasteiger partial charge in [-0.15, -0.1) is 6.58 Å². The van der Waals surface area contributed by atoms with Gasteiger partial charge in [-0.1, -0.05) is 68.5 Å². The Balaban J connectivity index is 1.70. The first-order chi connectivity index (χ1) is 15.8. The second kappa shape index (κ2) is 10.8. The number of nitrogens with one attached hydrogen (secondary N) is 1. The second-order valence-corrected chi connectivity index (χ2v) is 8.55. The van der Waals surface area contributed by atoms with Gasteiger partial charge in [0.1, 0.15) is 19.2 Å².